The number of hydrogen-bond donors (Lipinski definition) is 1. The van der Waals surface area contributed by atoms with Gasteiger partial charge in [-0.25, -0.2) is 5.06 Å². The van der Waals surface area contributed by atoms with Crippen LogP contribution in [0, 0.1) is 11.8 Å². The van der Waals surface area contributed by atoms with Crippen molar-refractivity contribution < 1.29 is 18.4 Å². The molecule has 2 aliphatic carbocycles. The number of fused-ring (bicyclic) bond motifs is 2. The second-order valence-corrected chi connectivity index (χ2v) is 8.59. The highest BCUT2D eigenvalue weighted by molar-refractivity contribution is 7.61. The van der Waals surface area contributed by atoms with Gasteiger partial charge in [0.1, 0.15) is 0 Å². The SMILES string of the molecule is CN(O)C(=O)CCCC=CC[C@H]1[C@@H](c2ccccc2)[C@H]2CC[C@@]1(N=S(=O)=O)C2. The number of rotatable bonds is 8. The van der Waals surface area contributed by atoms with Gasteiger partial charge in [0.25, 0.3) is 0 Å². The van der Waals surface area contributed by atoms with Crippen LogP contribution in [0.15, 0.2) is 46.8 Å². The van der Waals surface area contributed by atoms with Crippen LogP contribution in [0.3, 0.4) is 0 Å². The van der Waals surface area contributed by atoms with Crippen molar-refractivity contribution >= 4 is 16.4 Å². The molecule has 0 radical (unpaired) electrons. The average Bonchev–Trinajstić information content (AvgIpc) is 3.20. The summed E-state index contributed by atoms with van der Waals surface area (Å²) >= 11 is 0. The van der Waals surface area contributed by atoms with Crippen molar-refractivity contribution in [3.8, 4) is 0 Å². The molecular formula is C21H28N2O4S. The summed E-state index contributed by atoms with van der Waals surface area (Å²) < 4.78 is 27.0. The third kappa shape index (κ3) is 4.52. The van der Waals surface area contributed by atoms with E-state index < -0.39 is 16.0 Å². The molecule has 2 aliphatic rings. The largest absolute Gasteiger partial charge is 0.311 e. The Bertz CT molecular complexity index is 842. The van der Waals surface area contributed by atoms with E-state index in [-0.39, 0.29) is 11.8 Å². The molecule has 2 bridgehead atoms. The van der Waals surface area contributed by atoms with Crippen LogP contribution in [0.25, 0.3) is 0 Å². The van der Waals surface area contributed by atoms with E-state index >= 15 is 0 Å². The fourth-order valence-electron chi connectivity index (χ4n) is 5.14. The predicted molar refractivity (Wildman–Crippen MR) is 106 cm³/mol. The van der Waals surface area contributed by atoms with E-state index in [4.69, 9.17) is 5.21 Å². The lowest BCUT2D eigenvalue weighted by Gasteiger charge is -2.35. The van der Waals surface area contributed by atoms with E-state index in [9.17, 15) is 13.2 Å². The van der Waals surface area contributed by atoms with Crippen LogP contribution < -0.4 is 0 Å². The van der Waals surface area contributed by atoms with Crippen LogP contribution in [0.1, 0.15) is 56.4 Å². The zero-order valence-electron chi connectivity index (χ0n) is 16.2. The molecule has 3 rings (SSSR count). The first-order valence-corrected chi connectivity index (χ1v) is 10.9. The van der Waals surface area contributed by atoms with Crippen LogP contribution >= 0.6 is 0 Å². The summed E-state index contributed by atoms with van der Waals surface area (Å²) in [6.45, 7) is 0. The molecule has 0 saturated heterocycles. The van der Waals surface area contributed by atoms with E-state index in [0.717, 1.165) is 32.1 Å². The summed E-state index contributed by atoms with van der Waals surface area (Å²) in [4.78, 5) is 11.4. The number of allylic oxidation sites excluding steroid dienone is 2. The van der Waals surface area contributed by atoms with Gasteiger partial charge in [0.2, 0.25) is 5.91 Å². The number of nitrogens with zero attached hydrogens (tertiary/aromatic N) is 2. The van der Waals surface area contributed by atoms with Gasteiger partial charge in [-0.15, -0.1) is 0 Å². The minimum atomic E-state index is -2.40. The molecule has 7 heteroatoms. The second kappa shape index (κ2) is 9.01. The number of unbranched alkanes of at least 4 members (excludes halogenated alkanes) is 1. The maximum absolute atomic E-state index is 11.4. The Labute approximate surface area is 167 Å². The molecule has 6 nitrogen and oxygen atoms in total. The number of hydroxylamine groups is 2. The fourth-order valence-corrected chi connectivity index (χ4v) is 5.74. The summed E-state index contributed by atoms with van der Waals surface area (Å²) in [5, 5.41) is 9.69. The standard InChI is InChI=1S/C21H28N2O4S/c1-23(25)19(24)12-8-3-2-7-11-18-20(16-9-5-4-6-10-16)17-13-14-21(18,15-17)22-28(26)27/h2,4-7,9-10,17-18,20,25H,3,8,11-15H2,1H3/t17-,18-,20-,21+/m0/s1. The molecular weight excluding hydrogens is 376 g/mol. The van der Waals surface area contributed by atoms with Crippen LogP contribution in [-0.4, -0.2) is 37.2 Å². The molecule has 1 aromatic rings. The Morgan fingerprint density at radius 1 is 1.32 bits per heavy atom. The van der Waals surface area contributed by atoms with Gasteiger partial charge < -0.3 is 0 Å². The van der Waals surface area contributed by atoms with Gasteiger partial charge in [0, 0.05) is 13.5 Å². The molecule has 0 spiro atoms. The molecule has 152 valence electrons. The van der Waals surface area contributed by atoms with Gasteiger partial charge in [-0.05, 0) is 61.8 Å². The normalized spacial score (nSPS) is 28.6. The highest BCUT2D eigenvalue weighted by Gasteiger charge is 2.58. The lowest BCUT2D eigenvalue weighted by atomic mass is 9.71. The molecule has 1 amide bonds. The van der Waals surface area contributed by atoms with Gasteiger partial charge in [-0.1, -0.05) is 42.5 Å². The van der Waals surface area contributed by atoms with E-state index in [1.165, 1.54) is 12.6 Å². The number of carbonyl (C=O) groups is 1. The molecule has 4 atom stereocenters. The van der Waals surface area contributed by atoms with Crippen LogP contribution in [0.2, 0.25) is 0 Å². The molecule has 2 fully saturated rings. The molecule has 1 N–H and O–H groups in total. The number of hydrogen-bond acceptors (Lipinski definition) is 5. The Morgan fingerprint density at radius 2 is 2.07 bits per heavy atom. The lowest BCUT2D eigenvalue weighted by Crippen LogP contribution is -2.34. The first-order valence-electron chi connectivity index (χ1n) is 9.90. The topological polar surface area (TPSA) is 87.0 Å². The minimum absolute atomic E-state index is 0.174. The van der Waals surface area contributed by atoms with Gasteiger partial charge in [0.05, 0.1) is 5.54 Å². The average molecular weight is 405 g/mol. The minimum Gasteiger partial charge on any atom is -0.286 e. The second-order valence-electron chi connectivity index (χ2n) is 7.97. The molecule has 0 heterocycles. The smallest absolute Gasteiger partial charge is 0.286 e. The number of carbonyl (C=O) groups excluding carboxylic acids is 1. The van der Waals surface area contributed by atoms with Crippen LogP contribution in [-0.2, 0) is 15.3 Å². The first kappa shape index (κ1) is 20.7. The number of benzene rings is 1. The maximum atomic E-state index is 11.4. The van der Waals surface area contributed by atoms with E-state index in [2.05, 4.69) is 28.6 Å². The van der Waals surface area contributed by atoms with E-state index in [1.54, 1.807) is 0 Å². The lowest BCUT2D eigenvalue weighted by molar-refractivity contribution is -0.159. The zero-order valence-corrected chi connectivity index (χ0v) is 17.0. The summed E-state index contributed by atoms with van der Waals surface area (Å²) in [6.07, 6.45) is 9.39. The first-order chi connectivity index (χ1) is 13.4. The van der Waals surface area contributed by atoms with E-state index in [1.807, 2.05) is 18.2 Å². The summed E-state index contributed by atoms with van der Waals surface area (Å²) in [5.41, 5.74) is 0.800. The quantitative estimate of drug-likeness (QED) is 0.307. The maximum Gasteiger partial charge on any atom is 0.311 e. The van der Waals surface area contributed by atoms with Crippen molar-refractivity contribution in [1.82, 2.24) is 5.06 Å². The summed E-state index contributed by atoms with van der Waals surface area (Å²) in [7, 11) is -1.06. The van der Waals surface area contributed by atoms with Crippen molar-refractivity contribution in [2.75, 3.05) is 7.05 Å². The van der Waals surface area contributed by atoms with Crippen molar-refractivity contribution in [1.29, 1.82) is 0 Å². The third-order valence-corrected chi connectivity index (χ3v) is 6.83. The number of amides is 1. The highest BCUT2D eigenvalue weighted by atomic mass is 32.2. The van der Waals surface area contributed by atoms with Crippen molar-refractivity contribution in [3.63, 3.8) is 0 Å². The molecule has 28 heavy (non-hydrogen) atoms. The van der Waals surface area contributed by atoms with Crippen LogP contribution in [0.5, 0.6) is 0 Å². The van der Waals surface area contributed by atoms with Crippen molar-refractivity contribution in [2.24, 2.45) is 16.2 Å². The summed E-state index contributed by atoms with van der Waals surface area (Å²) in [5.74, 6) is 0.691. The molecule has 0 unspecified atom stereocenters. The molecule has 2 saturated carbocycles. The monoisotopic (exact) mass is 404 g/mol. The van der Waals surface area contributed by atoms with Crippen molar-refractivity contribution in [2.45, 2.75) is 56.4 Å². The van der Waals surface area contributed by atoms with Gasteiger partial charge in [-0.3, -0.25) is 10.0 Å². The van der Waals surface area contributed by atoms with E-state index in [0.29, 0.717) is 29.7 Å². The Balaban J connectivity index is 1.70. The Hall–Kier alpha value is -1.99. The molecule has 1 aromatic carbocycles. The zero-order chi connectivity index (χ0) is 20.1. The van der Waals surface area contributed by atoms with Crippen molar-refractivity contribution in [3.05, 3.63) is 48.0 Å². The molecule has 0 aromatic heterocycles. The van der Waals surface area contributed by atoms with Gasteiger partial charge in [-0.2, -0.15) is 12.8 Å². The van der Waals surface area contributed by atoms with Gasteiger partial charge >= 0.3 is 10.5 Å². The molecule has 0 aliphatic heterocycles. The fraction of sp³-hybridized carbons (Fsp3) is 0.571. The summed E-state index contributed by atoms with van der Waals surface area (Å²) in [6, 6.07) is 10.4. The van der Waals surface area contributed by atoms with Gasteiger partial charge in [0.15, 0.2) is 0 Å². The predicted octanol–water partition coefficient (Wildman–Crippen LogP) is 3.97. The Kier molecular flexibility index (Phi) is 6.67. The highest BCUT2D eigenvalue weighted by Crippen LogP contribution is 2.61. The Morgan fingerprint density at radius 3 is 2.75 bits per heavy atom. The van der Waals surface area contributed by atoms with Crippen LogP contribution in [0.4, 0.5) is 0 Å². The third-order valence-electron chi connectivity index (χ3n) is 6.32.